The van der Waals surface area contributed by atoms with Crippen LogP contribution < -0.4 is 11.1 Å². The van der Waals surface area contributed by atoms with Crippen LogP contribution in [0.15, 0.2) is 0 Å². The molecule has 1 heterocycles. The number of hydrogen-bond donors (Lipinski definition) is 2. The summed E-state index contributed by atoms with van der Waals surface area (Å²) in [6, 6.07) is 0.125. The quantitative estimate of drug-likeness (QED) is 0.794. The van der Waals surface area contributed by atoms with Gasteiger partial charge in [-0.25, -0.2) is 4.79 Å². The average Bonchev–Trinajstić information content (AvgIpc) is 2.27. The van der Waals surface area contributed by atoms with Crippen molar-refractivity contribution in [1.82, 2.24) is 10.2 Å². The number of rotatable bonds is 4. The van der Waals surface area contributed by atoms with Gasteiger partial charge in [-0.2, -0.15) is 0 Å². The van der Waals surface area contributed by atoms with Gasteiger partial charge < -0.3 is 20.7 Å². The minimum Gasteiger partial charge on any atom is -0.450 e. The molecule has 110 valence electrons. The Kier molecular flexibility index (Phi) is 5.60. The SMILES string of the molecule is CCOC(=O)N1CCC(NC(=O)CC(C)(C)N)CC1. The van der Waals surface area contributed by atoms with Gasteiger partial charge in [-0.05, 0) is 33.6 Å². The van der Waals surface area contributed by atoms with Crippen LogP contribution in [-0.4, -0.2) is 48.2 Å². The number of piperidine rings is 1. The minimum atomic E-state index is -0.490. The van der Waals surface area contributed by atoms with E-state index in [0.717, 1.165) is 12.8 Å². The molecule has 6 nitrogen and oxygen atoms in total. The first-order valence-corrected chi connectivity index (χ1v) is 6.82. The Morgan fingerprint density at radius 3 is 2.42 bits per heavy atom. The maximum atomic E-state index is 11.7. The average molecular weight is 271 g/mol. The predicted octanol–water partition coefficient (Wildman–Crippen LogP) is 0.851. The summed E-state index contributed by atoms with van der Waals surface area (Å²) in [4.78, 5) is 24.9. The molecule has 3 N–H and O–H groups in total. The van der Waals surface area contributed by atoms with Crippen molar-refractivity contribution in [3.63, 3.8) is 0 Å². The summed E-state index contributed by atoms with van der Waals surface area (Å²) in [5.41, 5.74) is 5.32. The third-order valence-electron chi connectivity index (χ3n) is 3.00. The van der Waals surface area contributed by atoms with Crippen molar-refractivity contribution in [1.29, 1.82) is 0 Å². The van der Waals surface area contributed by atoms with Crippen molar-refractivity contribution in [3.05, 3.63) is 0 Å². The Labute approximate surface area is 114 Å². The van der Waals surface area contributed by atoms with E-state index in [9.17, 15) is 9.59 Å². The van der Waals surface area contributed by atoms with Crippen LogP contribution in [0, 0.1) is 0 Å². The molecule has 1 fully saturated rings. The number of hydrogen-bond acceptors (Lipinski definition) is 4. The van der Waals surface area contributed by atoms with E-state index >= 15 is 0 Å². The number of nitrogens with one attached hydrogen (secondary N) is 1. The van der Waals surface area contributed by atoms with E-state index in [2.05, 4.69) is 5.32 Å². The zero-order valence-corrected chi connectivity index (χ0v) is 12.1. The lowest BCUT2D eigenvalue weighted by atomic mass is 10.0. The van der Waals surface area contributed by atoms with Crippen LogP contribution in [0.3, 0.4) is 0 Å². The summed E-state index contributed by atoms with van der Waals surface area (Å²) in [5.74, 6) is -0.0258. The first-order valence-electron chi connectivity index (χ1n) is 6.82. The lowest BCUT2D eigenvalue weighted by molar-refractivity contribution is -0.123. The summed E-state index contributed by atoms with van der Waals surface area (Å²) in [6.07, 6.45) is 1.56. The molecule has 0 unspecified atom stereocenters. The van der Waals surface area contributed by atoms with Crippen LogP contribution >= 0.6 is 0 Å². The van der Waals surface area contributed by atoms with Crippen LogP contribution in [0.1, 0.15) is 40.0 Å². The first-order chi connectivity index (χ1) is 8.81. The molecule has 1 aliphatic heterocycles. The van der Waals surface area contributed by atoms with Crippen LogP contribution in [0.5, 0.6) is 0 Å². The van der Waals surface area contributed by atoms with Crippen molar-refractivity contribution in [2.24, 2.45) is 5.73 Å². The van der Waals surface area contributed by atoms with Crippen LogP contribution in [0.25, 0.3) is 0 Å². The summed E-state index contributed by atoms with van der Waals surface area (Å²) in [5, 5.41) is 2.97. The number of likely N-dealkylation sites (tertiary alicyclic amines) is 1. The van der Waals surface area contributed by atoms with E-state index in [1.165, 1.54) is 0 Å². The van der Waals surface area contributed by atoms with E-state index in [0.29, 0.717) is 26.1 Å². The monoisotopic (exact) mass is 271 g/mol. The highest BCUT2D eigenvalue weighted by atomic mass is 16.6. The summed E-state index contributed by atoms with van der Waals surface area (Å²) in [7, 11) is 0. The molecule has 1 aliphatic rings. The fourth-order valence-corrected chi connectivity index (χ4v) is 2.11. The molecule has 0 aromatic rings. The Balaban J connectivity index is 2.30. The second-order valence-corrected chi connectivity index (χ2v) is 5.69. The largest absolute Gasteiger partial charge is 0.450 e. The Bertz CT molecular complexity index is 318. The van der Waals surface area contributed by atoms with Crippen LogP contribution in [0.2, 0.25) is 0 Å². The number of carbonyl (C=O) groups is 2. The fourth-order valence-electron chi connectivity index (χ4n) is 2.11. The van der Waals surface area contributed by atoms with E-state index in [1.54, 1.807) is 11.8 Å². The molecule has 1 saturated heterocycles. The molecule has 0 aromatic heterocycles. The zero-order chi connectivity index (χ0) is 14.5. The molecule has 0 spiro atoms. The standard InChI is InChI=1S/C13H25N3O3/c1-4-19-12(18)16-7-5-10(6-8-16)15-11(17)9-13(2,3)14/h10H,4-9,14H2,1-3H3,(H,15,17). The number of nitrogens with zero attached hydrogens (tertiary/aromatic N) is 1. The maximum Gasteiger partial charge on any atom is 0.409 e. The molecule has 1 rings (SSSR count). The van der Waals surface area contributed by atoms with Crippen LogP contribution in [0.4, 0.5) is 4.79 Å². The highest BCUT2D eigenvalue weighted by Crippen LogP contribution is 2.12. The van der Waals surface area contributed by atoms with Gasteiger partial charge in [0.25, 0.3) is 0 Å². The summed E-state index contributed by atoms with van der Waals surface area (Å²) in [6.45, 7) is 7.08. The predicted molar refractivity (Wildman–Crippen MR) is 72.6 cm³/mol. The molecule has 0 bridgehead atoms. The third-order valence-corrected chi connectivity index (χ3v) is 3.00. The molecule has 19 heavy (non-hydrogen) atoms. The van der Waals surface area contributed by atoms with E-state index in [4.69, 9.17) is 10.5 Å². The summed E-state index contributed by atoms with van der Waals surface area (Å²) < 4.78 is 4.95. The molecular formula is C13H25N3O3. The second kappa shape index (κ2) is 6.75. The molecule has 0 atom stereocenters. The van der Waals surface area contributed by atoms with Gasteiger partial charge in [0.1, 0.15) is 0 Å². The van der Waals surface area contributed by atoms with Gasteiger partial charge >= 0.3 is 6.09 Å². The third kappa shape index (κ3) is 5.92. The Morgan fingerprint density at radius 1 is 1.37 bits per heavy atom. The van der Waals surface area contributed by atoms with E-state index < -0.39 is 5.54 Å². The van der Waals surface area contributed by atoms with E-state index in [-0.39, 0.29) is 18.0 Å². The topological polar surface area (TPSA) is 84.7 Å². The van der Waals surface area contributed by atoms with E-state index in [1.807, 2.05) is 13.8 Å². The number of nitrogens with two attached hydrogens (primary N) is 1. The van der Waals surface area contributed by atoms with Crippen LogP contribution in [-0.2, 0) is 9.53 Å². The van der Waals surface area contributed by atoms with Crippen molar-refractivity contribution in [2.75, 3.05) is 19.7 Å². The molecule has 2 amide bonds. The van der Waals surface area contributed by atoms with Crippen molar-refractivity contribution >= 4 is 12.0 Å². The number of ether oxygens (including phenoxy) is 1. The maximum absolute atomic E-state index is 11.7. The Morgan fingerprint density at radius 2 is 1.95 bits per heavy atom. The van der Waals surface area contributed by atoms with Gasteiger partial charge in [-0.1, -0.05) is 0 Å². The normalized spacial score (nSPS) is 17.2. The van der Waals surface area contributed by atoms with Gasteiger partial charge in [-0.3, -0.25) is 4.79 Å². The highest BCUT2D eigenvalue weighted by Gasteiger charge is 2.25. The van der Waals surface area contributed by atoms with Crippen molar-refractivity contribution in [2.45, 2.75) is 51.6 Å². The molecule has 0 aromatic carbocycles. The molecule has 0 aliphatic carbocycles. The first kappa shape index (κ1) is 15.8. The minimum absolute atomic E-state index is 0.0258. The molecule has 6 heteroatoms. The lowest BCUT2D eigenvalue weighted by Crippen LogP contribution is -2.48. The van der Waals surface area contributed by atoms with Gasteiger partial charge in [0.05, 0.1) is 6.61 Å². The number of amides is 2. The molecule has 0 saturated carbocycles. The second-order valence-electron chi connectivity index (χ2n) is 5.69. The van der Waals surface area contributed by atoms with Crippen molar-refractivity contribution < 1.29 is 14.3 Å². The Hall–Kier alpha value is -1.30. The van der Waals surface area contributed by atoms with Crippen molar-refractivity contribution in [3.8, 4) is 0 Å². The highest BCUT2D eigenvalue weighted by molar-refractivity contribution is 5.77. The van der Waals surface area contributed by atoms with Gasteiger partial charge in [0.2, 0.25) is 5.91 Å². The van der Waals surface area contributed by atoms with Gasteiger partial charge in [-0.15, -0.1) is 0 Å². The smallest absolute Gasteiger partial charge is 0.409 e. The molecule has 0 radical (unpaired) electrons. The lowest BCUT2D eigenvalue weighted by Gasteiger charge is -2.32. The van der Waals surface area contributed by atoms with Gasteiger partial charge in [0, 0.05) is 31.1 Å². The van der Waals surface area contributed by atoms with Gasteiger partial charge in [0.15, 0.2) is 0 Å². The fraction of sp³-hybridized carbons (Fsp3) is 0.846. The summed E-state index contributed by atoms with van der Waals surface area (Å²) >= 11 is 0. The number of carbonyl (C=O) groups excluding carboxylic acids is 2. The molecular weight excluding hydrogens is 246 g/mol. The zero-order valence-electron chi connectivity index (χ0n) is 12.1.